The molecule has 20 heavy (non-hydrogen) atoms. The first-order chi connectivity index (χ1) is 9.38. The Morgan fingerprint density at radius 1 is 1.20 bits per heavy atom. The first-order valence-corrected chi connectivity index (χ1v) is 6.10. The molecular formula is C13H18N4O3. The van der Waals surface area contributed by atoms with E-state index in [1.165, 1.54) is 0 Å². The molecule has 1 aromatic carbocycles. The van der Waals surface area contributed by atoms with Crippen molar-refractivity contribution in [2.24, 2.45) is 5.73 Å². The molecule has 0 heterocycles. The van der Waals surface area contributed by atoms with Crippen LogP contribution < -0.4 is 22.1 Å². The minimum absolute atomic E-state index is 0.0532. The molecule has 0 bridgehead atoms. The number of primary amides is 1. The molecule has 0 aliphatic rings. The van der Waals surface area contributed by atoms with Crippen LogP contribution in [0, 0.1) is 0 Å². The predicted molar refractivity (Wildman–Crippen MR) is 74.6 cm³/mol. The minimum atomic E-state index is -0.497. The first kappa shape index (κ1) is 15.5. The Balaban J connectivity index is 2.39. The highest BCUT2D eigenvalue weighted by Crippen LogP contribution is 2.04. The lowest BCUT2D eigenvalue weighted by Gasteiger charge is -2.12. The summed E-state index contributed by atoms with van der Waals surface area (Å²) < 4.78 is 0. The molecule has 7 heteroatoms. The molecule has 0 aliphatic heterocycles. The van der Waals surface area contributed by atoms with Crippen molar-refractivity contribution >= 4 is 23.4 Å². The highest BCUT2D eigenvalue weighted by Gasteiger charge is 2.11. The van der Waals surface area contributed by atoms with Crippen LogP contribution >= 0.6 is 0 Å². The number of carbonyl (C=O) groups is 3. The highest BCUT2D eigenvalue weighted by molar-refractivity contribution is 5.96. The molecular weight excluding hydrogens is 260 g/mol. The number of nitrogen functional groups attached to an aromatic ring is 1. The molecule has 0 saturated carbocycles. The van der Waals surface area contributed by atoms with Crippen LogP contribution in [0.15, 0.2) is 24.3 Å². The molecule has 0 aliphatic carbocycles. The monoisotopic (exact) mass is 278 g/mol. The van der Waals surface area contributed by atoms with Crippen LogP contribution in [0.5, 0.6) is 0 Å². The van der Waals surface area contributed by atoms with Gasteiger partial charge in [-0.2, -0.15) is 0 Å². The Labute approximate surface area is 116 Å². The van der Waals surface area contributed by atoms with Crippen LogP contribution in [0.25, 0.3) is 0 Å². The molecule has 0 aromatic heterocycles. The molecule has 108 valence electrons. The van der Waals surface area contributed by atoms with Crippen LogP contribution in [0.4, 0.5) is 5.69 Å². The molecule has 1 rings (SSSR count). The fraction of sp³-hybridized carbons (Fsp3) is 0.308. The van der Waals surface area contributed by atoms with Crippen LogP contribution in [-0.4, -0.2) is 30.3 Å². The van der Waals surface area contributed by atoms with Crippen molar-refractivity contribution in [1.82, 2.24) is 10.6 Å². The number of nitrogens with two attached hydrogens (primary N) is 2. The second-order valence-electron chi connectivity index (χ2n) is 4.44. The van der Waals surface area contributed by atoms with Crippen molar-refractivity contribution in [1.29, 1.82) is 0 Å². The van der Waals surface area contributed by atoms with Gasteiger partial charge in [0.25, 0.3) is 5.91 Å². The SMILES string of the molecule is CC(CC(N)=O)NC(=O)CNC(=O)c1ccc(N)cc1. The predicted octanol–water partition coefficient (Wildman–Crippen LogP) is -0.621. The summed E-state index contributed by atoms with van der Waals surface area (Å²) in [6, 6.07) is 5.97. The van der Waals surface area contributed by atoms with Gasteiger partial charge in [-0.3, -0.25) is 14.4 Å². The second kappa shape index (κ2) is 7.13. The van der Waals surface area contributed by atoms with E-state index in [4.69, 9.17) is 11.5 Å². The number of nitrogens with one attached hydrogen (secondary N) is 2. The van der Waals surface area contributed by atoms with Crippen molar-refractivity contribution in [2.75, 3.05) is 12.3 Å². The van der Waals surface area contributed by atoms with Crippen LogP contribution in [0.3, 0.4) is 0 Å². The van der Waals surface area contributed by atoms with Crippen LogP contribution in [0.1, 0.15) is 23.7 Å². The van der Waals surface area contributed by atoms with Gasteiger partial charge in [-0.15, -0.1) is 0 Å². The quantitative estimate of drug-likeness (QED) is 0.517. The maximum atomic E-state index is 11.7. The largest absolute Gasteiger partial charge is 0.399 e. The highest BCUT2D eigenvalue weighted by atomic mass is 16.2. The first-order valence-electron chi connectivity index (χ1n) is 6.10. The molecule has 1 unspecified atom stereocenters. The van der Waals surface area contributed by atoms with Crippen molar-refractivity contribution in [3.8, 4) is 0 Å². The zero-order chi connectivity index (χ0) is 15.1. The smallest absolute Gasteiger partial charge is 0.251 e. The van der Waals surface area contributed by atoms with Crippen molar-refractivity contribution in [3.63, 3.8) is 0 Å². The Kier molecular flexibility index (Phi) is 5.52. The number of rotatable bonds is 6. The Hall–Kier alpha value is -2.57. The number of hydrogen-bond donors (Lipinski definition) is 4. The average Bonchev–Trinajstić information content (AvgIpc) is 2.35. The number of carbonyl (C=O) groups excluding carboxylic acids is 3. The number of anilines is 1. The lowest BCUT2D eigenvalue weighted by atomic mass is 10.2. The van der Waals surface area contributed by atoms with Gasteiger partial charge in [-0.1, -0.05) is 0 Å². The van der Waals surface area contributed by atoms with Gasteiger partial charge in [0, 0.05) is 23.7 Å². The molecule has 0 spiro atoms. The summed E-state index contributed by atoms with van der Waals surface area (Å²) in [6.45, 7) is 1.48. The molecule has 7 nitrogen and oxygen atoms in total. The zero-order valence-corrected chi connectivity index (χ0v) is 11.2. The third kappa shape index (κ3) is 5.38. The summed E-state index contributed by atoms with van der Waals surface area (Å²) in [7, 11) is 0. The normalized spacial score (nSPS) is 11.4. The summed E-state index contributed by atoms with van der Waals surface area (Å²) in [5, 5.41) is 5.02. The summed E-state index contributed by atoms with van der Waals surface area (Å²) in [4.78, 5) is 33.9. The fourth-order valence-corrected chi connectivity index (χ4v) is 1.58. The van der Waals surface area contributed by atoms with Gasteiger partial charge in [0.1, 0.15) is 0 Å². The summed E-state index contributed by atoms with van der Waals surface area (Å²) >= 11 is 0. The lowest BCUT2D eigenvalue weighted by Crippen LogP contribution is -2.42. The average molecular weight is 278 g/mol. The van der Waals surface area contributed by atoms with E-state index in [1.54, 1.807) is 31.2 Å². The van der Waals surface area contributed by atoms with E-state index >= 15 is 0 Å². The summed E-state index contributed by atoms with van der Waals surface area (Å²) in [5.74, 6) is -1.26. The van der Waals surface area contributed by atoms with Gasteiger partial charge in [0.15, 0.2) is 0 Å². The topological polar surface area (TPSA) is 127 Å². The van der Waals surface area contributed by atoms with E-state index in [0.717, 1.165) is 0 Å². The number of hydrogen-bond acceptors (Lipinski definition) is 4. The van der Waals surface area contributed by atoms with Crippen LogP contribution in [-0.2, 0) is 9.59 Å². The van der Waals surface area contributed by atoms with E-state index in [0.29, 0.717) is 11.3 Å². The third-order valence-electron chi connectivity index (χ3n) is 2.50. The van der Waals surface area contributed by atoms with E-state index in [2.05, 4.69) is 10.6 Å². The maximum absolute atomic E-state index is 11.7. The molecule has 1 aromatic rings. The third-order valence-corrected chi connectivity index (χ3v) is 2.50. The number of benzene rings is 1. The summed E-state index contributed by atoms with van der Waals surface area (Å²) in [5.41, 5.74) is 11.5. The molecule has 0 fully saturated rings. The molecule has 1 atom stereocenters. The van der Waals surface area contributed by atoms with Gasteiger partial charge in [0.05, 0.1) is 6.54 Å². The van der Waals surface area contributed by atoms with E-state index in [-0.39, 0.29) is 30.8 Å². The fourth-order valence-electron chi connectivity index (χ4n) is 1.58. The van der Waals surface area contributed by atoms with Crippen molar-refractivity contribution < 1.29 is 14.4 Å². The molecule has 0 saturated heterocycles. The zero-order valence-electron chi connectivity index (χ0n) is 11.2. The minimum Gasteiger partial charge on any atom is -0.399 e. The van der Waals surface area contributed by atoms with Gasteiger partial charge in [-0.05, 0) is 31.2 Å². The molecule has 3 amide bonds. The van der Waals surface area contributed by atoms with E-state index in [1.807, 2.05) is 0 Å². The standard InChI is InChI=1S/C13H18N4O3/c1-8(6-11(15)18)17-12(19)7-16-13(20)9-2-4-10(14)5-3-9/h2-5,8H,6-7,14H2,1H3,(H2,15,18)(H,16,20)(H,17,19). The maximum Gasteiger partial charge on any atom is 0.251 e. The summed E-state index contributed by atoms with van der Waals surface area (Å²) in [6.07, 6.45) is 0.0532. The Bertz CT molecular complexity index is 499. The van der Waals surface area contributed by atoms with Crippen molar-refractivity contribution in [3.05, 3.63) is 29.8 Å². The van der Waals surface area contributed by atoms with Gasteiger partial charge in [0.2, 0.25) is 11.8 Å². The molecule has 0 radical (unpaired) electrons. The van der Waals surface area contributed by atoms with Crippen molar-refractivity contribution in [2.45, 2.75) is 19.4 Å². The lowest BCUT2D eigenvalue weighted by molar-refractivity contribution is -0.121. The molecule has 6 N–H and O–H groups in total. The van der Waals surface area contributed by atoms with E-state index in [9.17, 15) is 14.4 Å². The Morgan fingerprint density at radius 2 is 1.80 bits per heavy atom. The number of amides is 3. The van der Waals surface area contributed by atoms with E-state index < -0.39 is 5.91 Å². The van der Waals surface area contributed by atoms with Gasteiger partial charge >= 0.3 is 0 Å². The van der Waals surface area contributed by atoms with Crippen LogP contribution in [0.2, 0.25) is 0 Å². The Morgan fingerprint density at radius 3 is 2.35 bits per heavy atom. The van der Waals surface area contributed by atoms with Gasteiger partial charge in [-0.25, -0.2) is 0 Å². The second-order valence-corrected chi connectivity index (χ2v) is 4.44. The van der Waals surface area contributed by atoms with Gasteiger partial charge < -0.3 is 22.1 Å².